The average Bonchev–Trinajstić information content (AvgIpc) is 1.88. The molecule has 0 aromatic rings. The molecule has 0 aliphatic carbocycles. The largest absolute Gasteiger partial charge is 0.372 e. The normalized spacial score (nSPS) is 18.0. The monoisotopic (exact) mass is 157 g/mol. The van der Waals surface area contributed by atoms with E-state index in [9.17, 15) is 0 Å². The van der Waals surface area contributed by atoms with Gasteiger partial charge in [-0.15, -0.1) is 0 Å². The standard InChI is InChI=1S/C8H12ClN/c1-6(2)7-4-3-5-10-8(7)9/h3-4,6,10H,5H2,1-2H3. The highest BCUT2D eigenvalue weighted by molar-refractivity contribution is 6.29. The van der Waals surface area contributed by atoms with Gasteiger partial charge in [-0.3, -0.25) is 0 Å². The van der Waals surface area contributed by atoms with Crippen molar-refractivity contribution in [2.45, 2.75) is 13.8 Å². The van der Waals surface area contributed by atoms with E-state index >= 15 is 0 Å². The van der Waals surface area contributed by atoms with Crippen molar-refractivity contribution in [1.29, 1.82) is 0 Å². The summed E-state index contributed by atoms with van der Waals surface area (Å²) in [7, 11) is 0. The van der Waals surface area contributed by atoms with Crippen LogP contribution in [0.2, 0.25) is 0 Å². The van der Waals surface area contributed by atoms with E-state index in [4.69, 9.17) is 11.6 Å². The van der Waals surface area contributed by atoms with Crippen molar-refractivity contribution in [1.82, 2.24) is 5.32 Å². The average molecular weight is 158 g/mol. The maximum atomic E-state index is 5.89. The molecule has 1 N–H and O–H groups in total. The Morgan fingerprint density at radius 2 is 2.30 bits per heavy atom. The summed E-state index contributed by atoms with van der Waals surface area (Å²) >= 11 is 5.89. The molecule has 0 bridgehead atoms. The number of dihydropyridines is 1. The maximum absolute atomic E-state index is 5.89. The molecule has 0 amide bonds. The molecular weight excluding hydrogens is 146 g/mol. The second kappa shape index (κ2) is 3.11. The number of nitrogens with one attached hydrogen (secondary N) is 1. The first-order valence-corrected chi connectivity index (χ1v) is 3.89. The first-order valence-electron chi connectivity index (χ1n) is 3.52. The molecule has 0 unspecified atom stereocenters. The zero-order valence-corrected chi connectivity index (χ0v) is 7.07. The summed E-state index contributed by atoms with van der Waals surface area (Å²) in [6.45, 7) is 5.12. The van der Waals surface area contributed by atoms with Gasteiger partial charge in [-0.05, 0) is 11.5 Å². The smallest absolute Gasteiger partial charge is 0.105 e. The van der Waals surface area contributed by atoms with E-state index in [0.717, 1.165) is 11.7 Å². The zero-order valence-electron chi connectivity index (χ0n) is 6.32. The van der Waals surface area contributed by atoms with Crippen LogP contribution >= 0.6 is 11.6 Å². The molecule has 0 spiro atoms. The van der Waals surface area contributed by atoms with Crippen molar-refractivity contribution >= 4 is 11.6 Å². The van der Waals surface area contributed by atoms with Gasteiger partial charge in [-0.1, -0.05) is 37.6 Å². The van der Waals surface area contributed by atoms with Crippen LogP contribution in [0.4, 0.5) is 0 Å². The molecule has 1 heterocycles. The minimum absolute atomic E-state index is 0.511. The van der Waals surface area contributed by atoms with Gasteiger partial charge in [0.25, 0.3) is 0 Å². The van der Waals surface area contributed by atoms with Crippen LogP contribution in [0.5, 0.6) is 0 Å². The van der Waals surface area contributed by atoms with Crippen molar-refractivity contribution in [3.05, 3.63) is 22.9 Å². The number of halogens is 1. The Balaban J connectivity index is 2.79. The third-order valence-electron chi connectivity index (χ3n) is 1.55. The van der Waals surface area contributed by atoms with E-state index in [1.54, 1.807) is 0 Å². The van der Waals surface area contributed by atoms with Crippen molar-refractivity contribution in [3.8, 4) is 0 Å². The molecule has 0 aromatic carbocycles. The fourth-order valence-corrected chi connectivity index (χ4v) is 1.31. The van der Waals surface area contributed by atoms with Crippen LogP contribution in [0.3, 0.4) is 0 Å². The molecule has 0 fully saturated rings. The van der Waals surface area contributed by atoms with Crippen molar-refractivity contribution in [3.63, 3.8) is 0 Å². The van der Waals surface area contributed by atoms with Crippen molar-refractivity contribution < 1.29 is 0 Å². The molecule has 0 radical (unpaired) electrons. The molecule has 0 aromatic heterocycles. The topological polar surface area (TPSA) is 12.0 Å². The Hall–Kier alpha value is -0.430. The number of hydrogen-bond acceptors (Lipinski definition) is 1. The molecule has 1 nitrogen and oxygen atoms in total. The van der Waals surface area contributed by atoms with Gasteiger partial charge >= 0.3 is 0 Å². The predicted molar refractivity (Wildman–Crippen MR) is 44.9 cm³/mol. The lowest BCUT2D eigenvalue weighted by atomic mass is 10.0. The van der Waals surface area contributed by atoms with Crippen molar-refractivity contribution in [2.24, 2.45) is 5.92 Å². The second-order valence-electron chi connectivity index (χ2n) is 2.71. The van der Waals surface area contributed by atoms with Crippen LogP contribution in [0.1, 0.15) is 13.8 Å². The van der Waals surface area contributed by atoms with E-state index < -0.39 is 0 Å². The van der Waals surface area contributed by atoms with Gasteiger partial charge in [-0.25, -0.2) is 0 Å². The van der Waals surface area contributed by atoms with Gasteiger partial charge in [0, 0.05) is 6.54 Å². The quantitative estimate of drug-likeness (QED) is 0.576. The molecule has 0 saturated heterocycles. The summed E-state index contributed by atoms with van der Waals surface area (Å²) in [6, 6.07) is 0. The molecule has 10 heavy (non-hydrogen) atoms. The van der Waals surface area contributed by atoms with Crippen LogP contribution in [-0.2, 0) is 0 Å². The minimum Gasteiger partial charge on any atom is -0.372 e. The number of hydrogen-bond donors (Lipinski definition) is 1. The molecule has 2 heteroatoms. The summed E-state index contributed by atoms with van der Waals surface area (Å²) in [5.41, 5.74) is 1.20. The Bertz CT molecular complexity index is 180. The highest BCUT2D eigenvalue weighted by Crippen LogP contribution is 2.19. The molecule has 56 valence electrons. The second-order valence-corrected chi connectivity index (χ2v) is 3.09. The lowest BCUT2D eigenvalue weighted by molar-refractivity contribution is 0.758. The highest BCUT2D eigenvalue weighted by Gasteiger charge is 2.07. The fourth-order valence-electron chi connectivity index (χ4n) is 0.956. The Morgan fingerprint density at radius 3 is 2.70 bits per heavy atom. The van der Waals surface area contributed by atoms with Gasteiger partial charge in [0.15, 0.2) is 0 Å². The molecule has 1 rings (SSSR count). The third kappa shape index (κ3) is 1.54. The van der Waals surface area contributed by atoms with E-state index in [2.05, 4.69) is 31.3 Å². The first-order chi connectivity index (χ1) is 4.72. The number of rotatable bonds is 1. The lowest BCUT2D eigenvalue weighted by Crippen LogP contribution is -2.16. The van der Waals surface area contributed by atoms with Gasteiger partial charge in [0.1, 0.15) is 5.16 Å². The first kappa shape index (κ1) is 7.67. The van der Waals surface area contributed by atoms with E-state index in [0.29, 0.717) is 5.92 Å². The van der Waals surface area contributed by atoms with Gasteiger partial charge in [-0.2, -0.15) is 0 Å². The molecule has 1 aliphatic rings. The molecule has 1 aliphatic heterocycles. The Morgan fingerprint density at radius 1 is 1.60 bits per heavy atom. The van der Waals surface area contributed by atoms with Gasteiger partial charge < -0.3 is 5.32 Å². The van der Waals surface area contributed by atoms with E-state index in [1.807, 2.05) is 0 Å². The number of allylic oxidation sites excluding steroid dienone is 2. The van der Waals surface area contributed by atoms with Gasteiger partial charge in [0.2, 0.25) is 0 Å². The van der Waals surface area contributed by atoms with Gasteiger partial charge in [0.05, 0.1) is 0 Å². The summed E-state index contributed by atoms with van der Waals surface area (Å²) in [5.74, 6) is 0.511. The van der Waals surface area contributed by atoms with Crippen molar-refractivity contribution in [2.75, 3.05) is 6.54 Å². The Kier molecular flexibility index (Phi) is 2.39. The fraction of sp³-hybridized carbons (Fsp3) is 0.500. The van der Waals surface area contributed by atoms with Crippen LogP contribution in [0.15, 0.2) is 22.9 Å². The summed E-state index contributed by atoms with van der Waals surface area (Å²) in [6.07, 6.45) is 4.17. The Labute approximate surface area is 66.8 Å². The predicted octanol–water partition coefficient (Wildman–Crippen LogP) is 2.25. The highest BCUT2D eigenvalue weighted by atomic mass is 35.5. The zero-order chi connectivity index (χ0) is 7.56. The third-order valence-corrected chi connectivity index (χ3v) is 1.90. The summed E-state index contributed by atoms with van der Waals surface area (Å²) in [4.78, 5) is 0. The molecular formula is C8H12ClN. The van der Waals surface area contributed by atoms with Crippen LogP contribution in [-0.4, -0.2) is 6.54 Å². The van der Waals surface area contributed by atoms with Crippen LogP contribution < -0.4 is 5.32 Å². The minimum atomic E-state index is 0.511. The van der Waals surface area contributed by atoms with Crippen LogP contribution in [0.25, 0.3) is 0 Å². The maximum Gasteiger partial charge on any atom is 0.105 e. The summed E-state index contributed by atoms with van der Waals surface area (Å²) in [5, 5.41) is 3.87. The lowest BCUT2D eigenvalue weighted by Gasteiger charge is -2.15. The molecule has 0 saturated carbocycles. The SMILES string of the molecule is CC(C)C1=C(Cl)NCC=C1. The molecule has 0 atom stereocenters. The van der Waals surface area contributed by atoms with Crippen LogP contribution in [0, 0.1) is 5.92 Å². The summed E-state index contributed by atoms with van der Waals surface area (Å²) < 4.78 is 0. The van der Waals surface area contributed by atoms with E-state index in [-0.39, 0.29) is 0 Å². The van der Waals surface area contributed by atoms with E-state index in [1.165, 1.54) is 5.57 Å².